The van der Waals surface area contributed by atoms with Crippen molar-refractivity contribution in [3.8, 4) is 0 Å². The first-order chi connectivity index (χ1) is 10.2. The van der Waals surface area contributed by atoms with Crippen LogP contribution in [0.2, 0.25) is 0 Å². The molecule has 0 spiro atoms. The lowest BCUT2D eigenvalue weighted by Crippen LogP contribution is -2.02. The molecule has 1 heterocycles. The molecule has 0 aliphatic rings. The molecule has 0 unspecified atom stereocenters. The number of halogens is 1. The van der Waals surface area contributed by atoms with Gasteiger partial charge in [-0.2, -0.15) is 0 Å². The number of ketones is 1. The normalized spacial score (nSPS) is 11.0. The van der Waals surface area contributed by atoms with Crippen LogP contribution in [0.15, 0.2) is 48.7 Å². The molecule has 2 nitrogen and oxygen atoms in total. The lowest BCUT2D eigenvalue weighted by molar-refractivity contribution is 0.0994. The van der Waals surface area contributed by atoms with Gasteiger partial charge in [-0.05, 0) is 29.7 Å². The highest BCUT2D eigenvalue weighted by Crippen LogP contribution is 2.23. The maximum Gasteiger partial charge on any atom is 0.169 e. The van der Waals surface area contributed by atoms with Crippen molar-refractivity contribution in [3.63, 3.8) is 0 Å². The highest BCUT2D eigenvalue weighted by molar-refractivity contribution is 6.09. The molecular formula is C18H16FNO. The quantitative estimate of drug-likeness (QED) is 0.711. The Morgan fingerprint density at radius 2 is 1.90 bits per heavy atom. The van der Waals surface area contributed by atoms with Crippen LogP contribution in [0.5, 0.6) is 0 Å². The van der Waals surface area contributed by atoms with Gasteiger partial charge in [0.1, 0.15) is 5.82 Å². The van der Waals surface area contributed by atoms with Crippen LogP contribution in [-0.4, -0.2) is 10.8 Å². The summed E-state index contributed by atoms with van der Waals surface area (Å²) in [6.45, 7) is 2.09. The molecule has 0 amide bonds. The molecular weight excluding hydrogens is 265 g/mol. The van der Waals surface area contributed by atoms with E-state index in [1.807, 2.05) is 12.1 Å². The second kappa shape index (κ2) is 5.52. The van der Waals surface area contributed by atoms with E-state index in [0.29, 0.717) is 5.56 Å². The van der Waals surface area contributed by atoms with E-state index in [-0.39, 0.29) is 18.0 Å². The fourth-order valence-electron chi connectivity index (χ4n) is 2.63. The number of aromatic amines is 1. The van der Waals surface area contributed by atoms with Crippen LogP contribution in [0.1, 0.15) is 28.4 Å². The van der Waals surface area contributed by atoms with Gasteiger partial charge in [-0.15, -0.1) is 0 Å². The molecule has 0 atom stereocenters. The smallest absolute Gasteiger partial charge is 0.169 e. The highest BCUT2D eigenvalue weighted by Gasteiger charge is 2.14. The van der Waals surface area contributed by atoms with Crippen molar-refractivity contribution < 1.29 is 9.18 Å². The Bertz CT molecular complexity index is 787. The number of carbonyl (C=O) groups excluding carboxylic acids is 1. The number of nitrogens with one attached hydrogen (secondary N) is 1. The van der Waals surface area contributed by atoms with Gasteiger partial charge in [-0.1, -0.05) is 37.3 Å². The van der Waals surface area contributed by atoms with E-state index < -0.39 is 0 Å². The van der Waals surface area contributed by atoms with Crippen LogP contribution in [-0.2, 0) is 12.8 Å². The number of fused-ring (bicyclic) bond motifs is 1. The summed E-state index contributed by atoms with van der Waals surface area (Å²) in [5.74, 6) is -0.244. The third-order valence-electron chi connectivity index (χ3n) is 3.76. The molecule has 2 aromatic carbocycles. The van der Waals surface area contributed by atoms with Gasteiger partial charge in [-0.3, -0.25) is 4.79 Å². The average molecular weight is 281 g/mol. The lowest BCUT2D eigenvalue weighted by Gasteiger charge is -2.02. The zero-order chi connectivity index (χ0) is 14.8. The Morgan fingerprint density at radius 1 is 1.14 bits per heavy atom. The minimum Gasteiger partial charge on any atom is -0.360 e. The number of carbonyl (C=O) groups is 1. The van der Waals surface area contributed by atoms with E-state index in [4.69, 9.17) is 0 Å². The summed E-state index contributed by atoms with van der Waals surface area (Å²) in [6.07, 6.45) is 2.97. The maximum atomic E-state index is 12.9. The summed E-state index contributed by atoms with van der Waals surface area (Å²) in [5.41, 5.74) is 3.75. The van der Waals surface area contributed by atoms with Crippen molar-refractivity contribution in [1.82, 2.24) is 4.98 Å². The van der Waals surface area contributed by atoms with Gasteiger partial charge < -0.3 is 4.98 Å². The fourth-order valence-corrected chi connectivity index (χ4v) is 2.63. The molecule has 0 aliphatic carbocycles. The van der Waals surface area contributed by atoms with Crippen LogP contribution in [0.25, 0.3) is 10.9 Å². The second-order valence-electron chi connectivity index (χ2n) is 5.12. The Balaban J connectivity index is 1.93. The molecule has 1 aromatic heterocycles. The molecule has 3 heteroatoms. The van der Waals surface area contributed by atoms with E-state index in [2.05, 4.69) is 18.0 Å². The molecule has 0 aliphatic heterocycles. The van der Waals surface area contributed by atoms with Crippen molar-refractivity contribution in [1.29, 1.82) is 0 Å². The summed E-state index contributed by atoms with van der Waals surface area (Å²) in [4.78, 5) is 15.7. The SMILES string of the molecule is CCc1cccc2c(C(=O)Cc3ccc(F)cc3)c[nH]c12. The van der Waals surface area contributed by atoms with Crippen LogP contribution >= 0.6 is 0 Å². The molecule has 3 rings (SSSR count). The first kappa shape index (κ1) is 13.6. The van der Waals surface area contributed by atoms with Crippen LogP contribution < -0.4 is 0 Å². The van der Waals surface area contributed by atoms with E-state index in [1.54, 1.807) is 18.3 Å². The standard InChI is InChI=1S/C18H16FNO/c1-2-13-4-3-5-15-16(11-20-18(13)15)17(21)10-12-6-8-14(19)9-7-12/h3-9,11,20H,2,10H2,1H3. The highest BCUT2D eigenvalue weighted by atomic mass is 19.1. The first-order valence-corrected chi connectivity index (χ1v) is 7.05. The van der Waals surface area contributed by atoms with E-state index in [9.17, 15) is 9.18 Å². The Morgan fingerprint density at radius 3 is 2.62 bits per heavy atom. The molecule has 0 radical (unpaired) electrons. The third-order valence-corrected chi connectivity index (χ3v) is 3.76. The Kier molecular flexibility index (Phi) is 3.57. The molecule has 3 aromatic rings. The fraction of sp³-hybridized carbons (Fsp3) is 0.167. The van der Waals surface area contributed by atoms with E-state index in [1.165, 1.54) is 17.7 Å². The van der Waals surface area contributed by atoms with Crippen molar-refractivity contribution in [2.24, 2.45) is 0 Å². The third kappa shape index (κ3) is 2.59. The van der Waals surface area contributed by atoms with Gasteiger partial charge in [0.2, 0.25) is 0 Å². The number of H-pyrrole nitrogens is 1. The van der Waals surface area contributed by atoms with E-state index in [0.717, 1.165) is 22.9 Å². The first-order valence-electron chi connectivity index (χ1n) is 7.05. The summed E-state index contributed by atoms with van der Waals surface area (Å²) >= 11 is 0. The summed E-state index contributed by atoms with van der Waals surface area (Å²) < 4.78 is 12.9. The van der Waals surface area contributed by atoms with E-state index >= 15 is 0 Å². The second-order valence-corrected chi connectivity index (χ2v) is 5.12. The molecule has 1 N–H and O–H groups in total. The van der Waals surface area contributed by atoms with Crippen molar-refractivity contribution in [2.45, 2.75) is 19.8 Å². The lowest BCUT2D eigenvalue weighted by atomic mass is 10.0. The predicted octanol–water partition coefficient (Wildman–Crippen LogP) is 4.29. The molecule has 0 saturated carbocycles. The molecule has 0 saturated heterocycles. The van der Waals surface area contributed by atoms with Gasteiger partial charge in [0.15, 0.2) is 5.78 Å². The van der Waals surface area contributed by atoms with Crippen molar-refractivity contribution in [2.75, 3.05) is 0 Å². The zero-order valence-corrected chi connectivity index (χ0v) is 11.8. The van der Waals surface area contributed by atoms with Gasteiger partial charge >= 0.3 is 0 Å². The molecule has 0 fully saturated rings. The van der Waals surface area contributed by atoms with Crippen LogP contribution in [0, 0.1) is 5.82 Å². The van der Waals surface area contributed by atoms with Gasteiger partial charge in [0.25, 0.3) is 0 Å². The Hall–Kier alpha value is -2.42. The van der Waals surface area contributed by atoms with Gasteiger partial charge in [0.05, 0.1) is 0 Å². The largest absolute Gasteiger partial charge is 0.360 e. The van der Waals surface area contributed by atoms with Crippen LogP contribution in [0.4, 0.5) is 4.39 Å². The minimum absolute atomic E-state index is 0.0427. The number of hydrogen-bond donors (Lipinski definition) is 1. The number of hydrogen-bond acceptors (Lipinski definition) is 1. The molecule has 21 heavy (non-hydrogen) atoms. The van der Waals surface area contributed by atoms with Crippen molar-refractivity contribution in [3.05, 3.63) is 71.2 Å². The number of aromatic nitrogens is 1. The summed E-state index contributed by atoms with van der Waals surface area (Å²) in [6, 6.07) is 12.1. The number of rotatable bonds is 4. The number of para-hydroxylation sites is 1. The monoisotopic (exact) mass is 281 g/mol. The van der Waals surface area contributed by atoms with Gasteiger partial charge in [0, 0.05) is 29.1 Å². The molecule has 106 valence electrons. The number of aryl methyl sites for hydroxylation is 1. The maximum absolute atomic E-state index is 12.9. The summed E-state index contributed by atoms with van der Waals surface area (Å²) in [5, 5.41) is 0.960. The summed E-state index contributed by atoms with van der Waals surface area (Å²) in [7, 11) is 0. The zero-order valence-electron chi connectivity index (χ0n) is 11.8. The topological polar surface area (TPSA) is 32.9 Å². The van der Waals surface area contributed by atoms with Crippen LogP contribution in [0.3, 0.4) is 0 Å². The van der Waals surface area contributed by atoms with Crippen molar-refractivity contribution >= 4 is 16.7 Å². The minimum atomic E-state index is -0.286. The Labute approximate surface area is 122 Å². The number of Topliss-reactive ketones (excluding diaryl/α,β-unsaturated/α-hetero) is 1. The number of benzene rings is 2. The molecule has 0 bridgehead atoms. The predicted molar refractivity (Wildman–Crippen MR) is 82.1 cm³/mol. The van der Waals surface area contributed by atoms with Gasteiger partial charge in [-0.25, -0.2) is 4.39 Å². The average Bonchev–Trinajstić information content (AvgIpc) is 2.93.